The Morgan fingerprint density at radius 3 is 2.07 bits per heavy atom. The fourth-order valence-corrected chi connectivity index (χ4v) is 3.92. The molecule has 30 heavy (non-hydrogen) atoms. The zero-order valence-electron chi connectivity index (χ0n) is 17.3. The van der Waals surface area contributed by atoms with Gasteiger partial charge in [0.1, 0.15) is 6.04 Å². The number of hydrogen-bond acceptors (Lipinski definition) is 3. The van der Waals surface area contributed by atoms with Crippen LogP contribution in [0, 0.1) is 0 Å². The van der Waals surface area contributed by atoms with Crippen molar-refractivity contribution in [2.75, 3.05) is 0 Å². The summed E-state index contributed by atoms with van der Waals surface area (Å²) in [5.41, 5.74) is 1.11. The maximum absolute atomic E-state index is 13.3. The molecule has 4 rings (SSSR count). The molecule has 1 heterocycles. The molecule has 0 fully saturated rings. The minimum Gasteiger partial charge on any atom is -0.350 e. The first-order valence-corrected chi connectivity index (χ1v) is 10.0. The Morgan fingerprint density at radius 1 is 0.867 bits per heavy atom. The van der Waals surface area contributed by atoms with E-state index < -0.39 is 23.4 Å². The molecule has 0 saturated heterocycles. The predicted octanol–water partition coefficient (Wildman–Crippen LogP) is 3.96. The molecule has 1 aliphatic heterocycles. The quantitative estimate of drug-likeness (QED) is 0.674. The van der Waals surface area contributed by atoms with Gasteiger partial charge in [0.15, 0.2) is 0 Å². The molecule has 0 bridgehead atoms. The molecule has 0 spiro atoms. The van der Waals surface area contributed by atoms with E-state index in [1.807, 2.05) is 63.2 Å². The Morgan fingerprint density at radius 2 is 1.43 bits per heavy atom. The van der Waals surface area contributed by atoms with Crippen LogP contribution in [0.15, 0.2) is 66.7 Å². The summed E-state index contributed by atoms with van der Waals surface area (Å²) >= 11 is 0. The van der Waals surface area contributed by atoms with Crippen LogP contribution in [-0.4, -0.2) is 34.2 Å². The monoisotopic (exact) mass is 400 g/mol. The lowest BCUT2D eigenvalue weighted by Crippen LogP contribution is -2.54. The second-order valence-corrected chi connectivity index (χ2v) is 8.62. The lowest BCUT2D eigenvalue weighted by molar-refractivity contribution is -0.126. The van der Waals surface area contributed by atoms with E-state index in [0.29, 0.717) is 11.1 Å². The molecule has 3 aromatic rings. The van der Waals surface area contributed by atoms with E-state index in [4.69, 9.17) is 0 Å². The van der Waals surface area contributed by atoms with Crippen molar-refractivity contribution < 1.29 is 14.4 Å². The Kier molecular flexibility index (Phi) is 4.90. The van der Waals surface area contributed by atoms with Crippen LogP contribution in [0.4, 0.5) is 0 Å². The highest BCUT2D eigenvalue weighted by Crippen LogP contribution is 2.28. The minimum atomic E-state index is -0.942. The predicted molar refractivity (Wildman–Crippen MR) is 116 cm³/mol. The molecule has 5 nitrogen and oxygen atoms in total. The molecular weight excluding hydrogens is 376 g/mol. The highest BCUT2D eigenvalue weighted by atomic mass is 16.2. The van der Waals surface area contributed by atoms with Gasteiger partial charge in [-0.25, -0.2) is 0 Å². The third kappa shape index (κ3) is 3.59. The second kappa shape index (κ2) is 7.41. The first-order valence-electron chi connectivity index (χ1n) is 10.0. The largest absolute Gasteiger partial charge is 0.350 e. The Labute approximate surface area is 175 Å². The molecule has 0 radical (unpaired) electrons. The van der Waals surface area contributed by atoms with Crippen molar-refractivity contribution in [3.05, 3.63) is 83.4 Å². The van der Waals surface area contributed by atoms with Crippen molar-refractivity contribution in [2.24, 2.45) is 0 Å². The van der Waals surface area contributed by atoms with Gasteiger partial charge in [0.25, 0.3) is 11.8 Å². The van der Waals surface area contributed by atoms with Crippen molar-refractivity contribution in [3.8, 4) is 0 Å². The first kappa shape index (κ1) is 19.8. The Balaban J connectivity index is 1.77. The highest BCUT2D eigenvalue weighted by Gasteiger charge is 2.43. The van der Waals surface area contributed by atoms with Crippen molar-refractivity contribution in [2.45, 2.75) is 38.8 Å². The fraction of sp³-hybridized carbons (Fsp3) is 0.240. The van der Waals surface area contributed by atoms with Gasteiger partial charge < -0.3 is 5.32 Å². The summed E-state index contributed by atoms with van der Waals surface area (Å²) in [4.78, 5) is 40.6. The average molecular weight is 400 g/mol. The van der Waals surface area contributed by atoms with Gasteiger partial charge in [0.05, 0.1) is 11.1 Å². The standard InChI is InChI=1S/C25H24N2O3/c1-25(2,3)26-22(28)21(15-17-11-8-10-16-9-4-5-12-18(16)17)27-23(29)19-13-6-7-14-20(19)24(27)30/h4-14,21H,15H2,1-3H3,(H,26,28). The van der Waals surface area contributed by atoms with Crippen LogP contribution in [0.3, 0.4) is 0 Å². The van der Waals surface area contributed by atoms with Crippen molar-refractivity contribution in [3.63, 3.8) is 0 Å². The summed E-state index contributed by atoms with van der Waals surface area (Å²) in [6.45, 7) is 5.63. The van der Waals surface area contributed by atoms with Gasteiger partial charge in [0, 0.05) is 12.0 Å². The summed E-state index contributed by atoms with van der Waals surface area (Å²) in [6.07, 6.45) is 0.245. The SMILES string of the molecule is CC(C)(C)NC(=O)C(Cc1cccc2ccccc12)N1C(=O)c2ccccc2C1=O. The van der Waals surface area contributed by atoms with Crippen LogP contribution in [-0.2, 0) is 11.2 Å². The first-order chi connectivity index (χ1) is 14.3. The fourth-order valence-electron chi connectivity index (χ4n) is 3.92. The molecule has 0 aromatic heterocycles. The van der Waals surface area contributed by atoms with E-state index >= 15 is 0 Å². The number of carbonyl (C=O) groups excluding carboxylic acids is 3. The number of nitrogens with zero attached hydrogens (tertiary/aromatic N) is 1. The maximum Gasteiger partial charge on any atom is 0.262 e. The molecule has 1 atom stereocenters. The number of nitrogens with one attached hydrogen (secondary N) is 1. The molecule has 3 amide bonds. The van der Waals surface area contributed by atoms with E-state index in [2.05, 4.69) is 5.32 Å². The van der Waals surface area contributed by atoms with Gasteiger partial charge in [-0.2, -0.15) is 0 Å². The Hall–Kier alpha value is -3.47. The average Bonchev–Trinajstić information content (AvgIpc) is 2.96. The zero-order valence-corrected chi connectivity index (χ0v) is 17.3. The van der Waals surface area contributed by atoms with Gasteiger partial charge >= 0.3 is 0 Å². The molecule has 0 aliphatic carbocycles. The summed E-state index contributed by atoms with van der Waals surface area (Å²) in [7, 11) is 0. The van der Waals surface area contributed by atoms with Crippen LogP contribution >= 0.6 is 0 Å². The van der Waals surface area contributed by atoms with Crippen LogP contribution in [0.25, 0.3) is 10.8 Å². The van der Waals surface area contributed by atoms with Crippen LogP contribution < -0.4 is 5.32 Å². The van der Waals surface area contributed by atoms with Crippen molar-refractivity contribution in [1.82, 2.24) is 10.2 Å². The third-order valence-corrected chi connectivity index (χ3v) is 5.23. The number of amides is 3. The maximum atomic E-state index is 13.3. The number of rotatable bonds is 4. The summed E-state index contributed by atoms with van der Waals surface area (Å²) < 4.78 is 0. The normalized spacial score (nSPS) is 14.7. The molecule has 1 aliphatic rings. The zero-order chi connectivity index (χ0) is 21.5. The van der Waals surface area contributed by atoms with Crippen molar-refractivity contribution in [1.29, 1.82) is 0 Å². The number of fused-ring (bicyclic) bond motifs is 2. The molecule has 5 heteroatoms. The van der Waals surface area contributed by atoms with E-state index in [1.165, 1.54) is 0 Å². The molecule has 0 saturated carbocycles. The highest BCUT2D eigenvalue weighted by molar-refractivity contribution is 6.22. The third-order valence-electron chi connectivity index (χ3n) is 5.23. The van der Waals surface area contributed by atoms with Gasteiger partial charge in [-0.3, -0.25) is 19.3 Å². The summed E-state index contributed by atoms with van der Waals surface area (Å²) in [5, 5.41) is 5.00. The van der Waals surface area contributed by atoms with E-state index in [1.54, 1.807) is 24.3 Å². The van der Waals surface area contributed by atoms with Gasteiger partial charge in [0.2, 0.25) is 5.91 Å². The van der Waals surface area contributed by atoms with E-state index in [-0.39, 0.29) is 12.3 Å². The lowest BCUT2D eigenvalue weighted by Gasteiger charge is -2.30. The van der Waals surface area contributed by atoms with Gasteiger partial charge in [-0.15, -0.1) is 0 Å². The van der Waals surface area contributed by atoms with Crippen LogP contribution in [0.5, 0.6) is 0 Å². The minimum absolute atomic E-state index is 0.245. The van der Waals surface area contributed by atoms with Crippen LogP contribution in [0.2, 0.25) is 0 Å². The van der Waals surface area contributed by atoms with E-state index in [0.717, 1.165) is 21.2 Å². The van der Waals surface area contributed by atoms with Gasteiger partial charge in [-0.05, 0) is 49.2 Å². The summed E-state index contributed by atoms with van der Waals surface area (Å²) in [6, 6.07) is 19.5. The molecular formula is C25H24N2O3. The van der Waals surface area contributed by atoms with Gasteiger partial charge in [-0.1, -0.05) is 54.6 Å². The smallest absolute Gasteiger partial charge is 0.262 e. The molecule has 3 aromatic carbocycles. The lowest BCUT2D eigenvalue weighted by atomic mass is 9.96. The molecule has 152 valence electrons. The number of hydrogen-bond donors (Lipinski definition) is 1. The number of benzene rings is 3. The number of imide groups is 1. The summed E-state index contributed by atoms with van der Waals surface area (Å²) in [5.74, 6) is -1.19. The Bertz CT molecular complexity index is 1120. The molecule has 1 N–H and O–H groups in total. The number of carbonyl (C=O) groups is 3. The van der Waals surface area contributed by atoms with Crippen LogP contribution in [0.1, 0.15) is 47.1 Å². The topological polar surface area (TPSA) is 66.5 Å². The molecule has 1 unspecified atom stereocenters. The van der Waals surface area contributed by atoms with Crippen molar-refractivity contribution >= 4 is 28.5 Å². The van der Waals surface area contributed by atoms with E-state index in [9.17, 15) is 14.4 Å². The second-order valence-electron chi connectivity index (χ2n) is 8.62.